The van der Waals surface area contributed by atoms with Crippen LogP contribution in [0.5, 0.6) is 0 Å². The Morgan fingerprint density at radius 1 is 1.10 bits per heavy atom. The topological polar surface area (TPSA) is 60.2 Å². The van der Waals surface area contributed by atoms with Crippen LogP contribution in [-0.2, 0) is 9.84 Å². The lowest BCUT2D eigenvalue weighted by Gasteiger charge is -2.15. The van der Waals surface area contributed by atoms with E-state index >= 15 is 0 Å². The average Bonchev–Trinajstić information content (AvgIpc) is 2.40. The van der Waals surface area contributed by atoms with Gasteiger partial charge < -0.3 is 5.73 Å². The summed E-state index contributed by atoms with van der Waals surface area (Å²) in [5.74, 6) is 0. The minimum absolute atomic E-state index is 0.226. The van der Waals surface area contributed by atoms with E-state index < -0.39 is 15.9 Å². The van der Waals surface area contributed by atoms with Crippen molar-refractivity contribution in [2.24, 2.45) is 5.73 Å². The molecule has 2 rings (SSSR count). The van der Waals surface area contributed by atoms with Crippen LogP contribution in [0.3, 0.4) is 0 Å². The van der Waals surface area contributed by atoms with Crippen LogP contribution in [0.4, 0.5) is 0 Å². The van der Waals surface area contributed by atoms with Crippen molar-refractivity contribution in [2.75, 3.05) is 6.26 Å². The molecule has 0 aliphatic rings. The Morgan fingerprint density at radius 3 is 2.40 bits per heavy atom. The Morgan fingerprint density at radius 2 is 1.75 bits per heavy atom. The Kier molecular flexibility index (Phi) is 4.39. The second kappa shape index (κ2) is 5.74. The lowest BCUT2D eigenvalue weighted by atomic mass is 10.00. The number of benzene rings is 2. The maximum Gasteiger partial charge on any atom is 0.175 e. The fraction of sp³-hybridized carbons (Fsp3) is 0.143. The quantitative estimate of drug-likeness (QED) is 0.938. The second-order valence-electron chi connectivity index (χ2n) is 4.47. The molecule has 20 heavy (non-hydrogen) atoms. The molecule has 0 bridgehead atoms. The first-order valence-corrected chi connectivity index (χ1v) is 8.45. The molecule has 0 saturated carbocycles. The molecule has 0 aliphatic heterocycles. The van der Waals surface area contributed by atoms with E-state index in [-0.39, 0.29) is 4.90 Å². The monoisotopic (exact) mass is 329 g/mol. The molecular formula is C14H13Cl2NO2S. The van der Waals surface area contributed by atoms with Gasteiger partial charge in [-0.2, -0.15) is 0 Å². The maximum atomic E-state index is 11.6. The predicted molar refractivity (Wildman–Crippen MR) is 82.0 cm³/mol. The van der Waals surface area contributed by atoms with Gasteiger partial charge in [0.05, 0.1) is 21.0 Å². The molecule has 2 N–H and O–H groups in total. The number of halogens is 2. The molecular weight excluding hydrogens is 317 g/mol. The first-order valence-electron chi connectivity index (χ1n) is 5.80. The van der Waals surface area contributed by atoms with Gasteiger partial charge in [0.25, 0.3) is 0 Å². The van der Waals surface area contributed by atoms with Gasteiger partial charge in [-0.05, 0) is 29.3 Å². The maximum absolute atomic E-state index is 11.6. The molecule has 6 heteroatoms. The number of nitrogens with two attached hydrogens (primary N) is 1. The number of hydrogen-bond donors (Lipinski definition) is 1. The van der Waals surface area contributed by atoms with E-state index in [0.29, 0.717) is 21.2 Å². The van der Waals surface area contributed by atoms with Crippen molar-refractivity contribution in [3.8, 4) is 0 Å². The van der Waals surface area contributed by atoms with E-state index in [4.69, 9.17) is 28.9 Å². The van der Waals surface area contributed by atoms with Crippen LogP contribution in [0.25, 0.3) is 0 Å². The Hall–Kier alpha value is -1.07. The summed E-state index contributed by atoms with van der Waals surface area (Å²) < 4.78 is 23.2. The molecule has 1 unspecified atom stereocenters. The molecule has 106 valence electrons. The molecule has 2 aromatic rings. The van der Waals surface area contributed by atoms with Gasteiger partial charge in [0.2, 0.25) is 0 Å². The zero-order valence-corrected chi connectivity index (χ0v) is 13.0. The number of hydrogen-bond acceptors (Lipinski definition) is 3. The second-order valence-corrected chi connectivity index (χ2v) is 7.27. The minimum Gasteiger partial charge on any atom is -0.320 e. The lowest BCUT2D eigenvalue weighted by Crippen LogP contribution is -2.13. The highest BCUT2D eigenvalue weighted by molar-refractivity contribution is 7.90. The molecule has 0 heterocycles. The molecule has 3 nitrogen and oxygen atoms in total. The van der Waals surface area contributed by atoms with Crippen LogP contribution in [-0.4, -0.2) is 14.7 Å². The fourth-order valence-electron chi connectivity index (χ4n) is 1.88. The Labute approximate surface area is 128 Å². The van der Waals surface area contributed by atoms with E-state index in [9.17, 15) is 8.42 Å². The van der Waals surface area contributed by atoms with Gasteiger partial charge in [0.15, 0.2) is 9.84 Å². The summed E-state index contributed by atoms with van der Waals surface area (Å²) in [5.41, 5.74) is 7.48. The van der Waals surface area contributed by atoms with Gasteiger partial charge in [-0.15, -0.1) is 0 Å². The fourth-order valence-corrected chi connectivity index (χ4v) is 2.98. The molecule has 0 spiro atoms. The van der Waals surface area contributed by atoms with Crippen molar-refractivity contribution in [3.63, 3.8) is 0 Å². The number of rotatable bonds is 3. The number of sulfone groups is 1. The zero-order valence-electron chi connectivity index (χ0n) is 10.7. The largest absolute Gasteiger partial charge is 0.320 e. The summed E-state index contributed by atoms with van der Waals surface area (Å²) in [4.78, 5) is 0.226. The lowest BCUT2D eigenvalue weighted by molar-refractivity contribution is 0.601. The summed E-state index contributed by atoms with van der Waals surface area (Å²) in [6.07, 6.45) is 1.16. The first-order chi connectivity index (χ1) is 9.30. The summed E-state index contributed by atoms with van der Waals surface area (Å²) in [6.45, 7) is 0. The highest BCUT2D eigenvalue weighted by Crippen LogP contribution is 2.32. The molecule has 1 atom stereocenters. The van der Waals surface area contributed by atoms with E-state index in [0.717, 1.165) is 6.26 Å². The highest BCUT2D eigenvalue weighted by atomic mass is 35.5. The zero-order chi connectivity index (χ0) is 14.9. The first kappa shape index (κ1) is 15.3. The molecule has 2 aromatic carbocycles. The van der Waals surface area contributed by atoms with Gasteiger partial charge in [-0.1, -0.05) is 47.5 Å². The van der Waals surface area contributed by atoms with Crippen LogP contribution in [0.1, 0.15) is 17.2 Å². The van der Waals surface area contributed by atoms with Gasteiger partial charge in [0.1, 0.15) is 0 Å². The van der Waals surface area contributed by atoms with E-state index in [1.165, 1.54) is 6.07 Å². The van der Waals surface area contributed by atoms with Crippen LogP contribution in [0.15, 0.2) is 47.4 Å². The van der Waals surface area contributed by atoms with Crippen molar-refractivity contribution in [1.29, 1.82) is 0 Å². The summed E-state index contributed by atoms with van der Waals surface area (Å²) in [5, 5.41) is 0.797. The van der Waals surface area contributed by atoms with Crippen LogP contribution < -0.4 is 5.73 Å². The van der Waals surface area contributed by atoms with Gasteiger partial charge in [-0.25, -0.2) is 8.42 Å². The van der Waals surface area contributed by atoms with Crippen molar-refractivity contribution in [1.82, 2.24) is 0 Å². The summed E-state index contributed by atoms with van der Waals surface area (Å²) in [7, 11) is -3.27. The van der Waals surface area contributed by atoms with Gasteiger partial charge in [0, 0.05) is 6.26 Å². The third-order valence-corrected chi connectivity index (χ3v) is 4.91. The Bertz CT molecular complexity index is 745. The molecule has 0 saturated heterocycles. The molecule has 0 fully saturated rings. The third kappa shape index (κ3) is 3.15. The SMILES string of the molecule is CS(=O)(=O)c1cccc(C(N)c2cccc(Cl)c2Cl)c1. The van der Waals surface area contributed by atoms with Crippen molar-refractivity contribution < 1.29 is 8.42 Å². The van der Waals surface area contributed by atoms with Crippen LogP contribution in [0.2, 0.25) is 10.0 Å². The van der Waals surface area contributed by atoms with Crippen molar-refractivity contribution in [2.45, 2.75) is 10.9 Å². The average molecular weight is 330 g/mol. The minimum atomic E-state index is -3.27. The molecule has 0 aliphatic carbocycles. The van der Waals surface area contributed by atoms with Crippen LogP contribution >= 0.6 is 23.2 Å². The predicted octanol–water partition coefficient (Wildman–Crippen LogP) is 3.45. The standard InChI is InChI=1S/C14H13Cl2NO2S/c1-20(18,19)10-5-2-4-9(8-10)14(17)11-6-3-7-12(15)13(11)16/h2-8,14H,17H2,1H3. The molecule has 0 radical (unpaired) electrons. The van der Waals surface area contributed by atoms with Crippen LogP contribution in [0, 0.1) is 0 Å². The summed E-state index contributed by atoms with van der Waals surface area (Å²) >= 11 is 12.1. The van der Waals surface area contributed by atoms with E-state index in [1.54, 1.807) is 36.4 Å². The molecule has 0 aromatic heterocycles. The van der Waals surface area contributed by atoms with E-state index in [1.807, 2.05) is 0 Å². The highest BCUT2D eigenvalue weighted by Gasteiger charge is 2.16. The Balaban J connectivity index is 2.49. The van der Waals surface area contributed by atoms with Gasteiger partial charge >= 0.3 is 0 Å². The van der Waals surface area contributed by atoms with Crippen molar-refractivity contribution >= 4 is 33.0 Å². The molecule has 0 amide bonds. The smallest absolute Gasteiger partial charge is 0.175 e. The normalized spacial score (nSPS) is 13.2. The van der Waals surface area contributed by atoms with E-state index in [2.05, 4.69) is 0 Å². The van der Waals surface area contributed by atoms with Gasteiger partial charge in [-0.3, -0.25) is 0 Å². The summed E-state index contributed by atoms with van der Waals surface area (Å²) in [6, 6.07) is 11.2. The third-order valence-electron chi connectivity index (χ3n) is 2.96. The van der Waals surface area contributed by atoms with Crippen molar-refractivity contribution in [3.05, 3.63) is 63.6 Å².